The number of carbonyl (C=O) groups excluding carboxylic acids is 1. The molecule has 2 amide bonds. The van der Waals surface area contributed by atoms with Gasteiger partial charge in [0.2, 0.25) is 0 Å². The van der Waals surface area contributed by atoms with Crippen molar-refractivity contribution in [3.8, 4) is 0 Å². The van der Waals surface area contributed by atoms with E-state index < -0.39 is 12.0 Å². The number of hydrogen-bond acceptors (Lipinski definition) is 3. The van der Waals surface area contributed by atoms with Crippen molar-refractivity contribution in [2.24, 2.45) is 0 Å². The maximum Gasteiger partial charge on any atom is 0.326 e. The normalized spacial score (nSPS) is 19.4. The molecule has 0 aromatic rings. The molecule has 0 aromatic carbocycles. The second-order valence-electron chi connectivity index (χ2n) is 4.24. The predicted octanol–water partition coefficient (Wildman–Crippen LogP) is 0.624. The Bertz CT molecular complexity index is 283. The fraction of sp³-hybridized carbons (Fsp3) is 0.818. The van der Waals surface area contributed by atoms with Crippen LogP contribution in [0.3, 0.4) is 0 Å². The maximum absolute atomic E-state index is 12.0. The van der Waals surface area contributed by atoms with Crippen molar-refractivity contribution in [2.45, 2.75) is 25.3 Å². The maximum atomic E-state index is 12.0. The van der Waals surface area contributed by atoms with Crippen molar-refractivity contribution >= 4 is 12.0 Å². The molecule has 1 atom stereocenters. The Morgan fingerprint density at radius 3 is 2.82 bits per heavy atom. The zero-order chi connectivity index (χ0) is 12.8. The zero-order valence-corrected chi connectivity index (χ0v) is 10.4. The van der Waals surface area contributed by atoms with Gasteiger partial charge in [0.05, 0.1) is 0 Å². The zero-order valence-electron chi connectivity index (χ0n) is 10.4. The molecule has 1 saturated heterocycles. The lowest BCUT2D eigenvalue weighted by Gasteiger charge is -2.27. The Kier molecular flexibility index (Phi) is 5.21. The molecule has 1 N–H and O–H groups in total. The molecule has 0 aliphatic carbocycles. The van der Waals surface area contributed by atoms with E-state index >= 15 is 0 Å². The molecule has 1 rings (SSSR count). The summed E-state index contributed by atoms with van der Waals surface area (Å²) in [5, 5.41) is 9.00. The van der Waals surface area contributed by atoms with E-state index in [1.165, 1.54) is 4.90 Å². The average Bonchev–Trinajstić information content (AvgIpc) is 2.77. The lowest BCUT2D eigenvalue weighted by molar-refractivity contribution is -0.141. The number of carboxylic acids is 1. The highest BCUT2D eigenvalue weighted by molar-refractivity contribution is 5.83. The molecule has 0 bridgehead atoms. The number of hydrogen-bond donors (Lipinski definition) is 1. The number of urea groups is 1. The summed E-state index contributed by atoms with van der Waals surface area (Å²) in [7, 11) is 3.30. The highest BCUT2D eigenvalue weighted by Crippen LogP contribution is 2.18. The second-order valence-corrected chi connectivity index (χ2v) is 4.24. The van der Waals surface area contributed by atoms with Gasteiger partial charge in [-0.15, -0.1) is 0 Å². The van der Waals surface area contributed by atoms with Gasteiger partial charge in [-0.05, 0) is 19.3 Å². The molecule has 1 aliphatic rings. The molecule has 0 radical (unpaired) electrons. The van der Waals surface area contributed by atoms with Gasteiger partial charge in [0.15, 0.2) is 0 Å². The smallest absolute Gasteiger partial charge is 0.326 e. The molecule has 1 unspecified atom stereocenters. The molecular weight excluding hydrogens is 224 g/mol. The minimum absolute atomic E-state index is 0.203. The Labute approximate surface area is 101 Å². The van der Waals surface area contributed by atoms with Gasteiger partial charge in [0, 0.05) is 33.9 Å². The fourth-order valence-corrected chi connectivity index (χ4v) is 2.01. The first-order valence-electron chi connectivity index (χ1n) is 5.81. The quantitative estimate of drug-likeness (QED) is 0.720. The fourth-order valence-electron chi connectivity index (χ4n) is 2.01. The molecule has 17 heavy (non-hydrogen) atoms. The Morgan fingerprint density at radius 2 is 2.24 bits per heavy atom. The van der Waals surface area contributed by atoms with Crippen molar-refractivity contribution in [2.75, 3.05) is 33.9 Å². The second kappa shape index (κ2) is 6.44. The number of amides is 2. The summed E-state index contributed by atoms with van der Waals surface area (Å²) < 4.78 is 4.91. The number of methoxy groups -OCH3 is 1. The average molecular weight is 244 g/mol. The summed E-state index contributed by atoms with van der Waals surface area (Å²) in [4.78, 5) is 26.0. The molecule has 1 heterocycles. The first-order chi connectivity index (χ1) is 8.07. The molecule has 6 heteroatoms. The third kappa shape index (κ3) is 3.59. The SMILES string of the molecule is COCCCN(C)C(=O)N1CCCC1C(=O)O. The minimum Gasteiger partial charge on any atom is -0.480 e. The van der Waals surface area contributed by atoms with E-state index in [0.29, 0.717) is 26.1 Å². The number of ether oxygens (including phenoxy) is 1. The summed E-state index contributed by atoms with van der Waals surface area (Å²) in [6.07, 6.45) is 2.06. The molecule has 98 valence electrons. The van der Waals surface area contributed by atoms with Gasteiger partial charge in [0.1, 0.15) is 6.04 Å². The molecule has 6 nitrogen and oxygen atoms in total. The highest BCUT2D eigenvalue weighted by Gasteiger charge is 2.35. The number of likely N-dealkylation sites (tertiary alicyclic amines) is 1. The van der Waals surface area contributed by atoms with E-state index in [9.17, 15) is 9.59 Å². The standard InChI is InChI=1S/C11H20N2O4/c1-12(6-4-8-17-2)11(16)13-7-3-5-9(13)10(14)15/h9H,3-8H2,1-2H3,(H,14,15). The van der Waals surface area contributed by atoms with Crippen LogP contribution >= 0.6 is 0 Å². The van der Waals surface area contributed by atoms with E-state index in [-0.39, 0.29) is 6.03 Å². The van der Waals surface area contributed by atoms with Gasteiger partial charge >= 0.3 is 12.0 Å². The lowest BCUT2D eigenvalue weighted by atomic mass is 10.2. The van der Waals surface area contributed by atoms with E-state index in [1.54, 1.807) is 19.1 Å². The summed E-state index contributed by atoms with van der Waals surface area (Å²) >= 11 is 0. The lowest BCUT2D eigenvalue weighted by Crippen LogP contribution is -2.47. The molecular formula is C11H20N2O4. The van der Waals surface area contributed by atoms with E-state index in [2.05, 4.69) is 0 Å². The van der Waals surface area contributed by atoms with Crippen LogP contribution in [0.15, 0.2) is 0 Å². The summed E-state index contributed by atoms with van der Waals surface area (Å²) in [6.45, 7) is 1.71. The Balaban J connectivity index is 2.47. The van der Waals surface area contributed by atoms with Crippen molar-refractivity contribution in [1.29, 1.82) is 0 Å². The molecule has 0 spiro atoms. The van der Waals surface area contributed by atoms with Gasteiger partial charge < -0.3 is 19.6 Å². The number of rotatable bonds is 5. The van der Waals surface area contributed by atoms with Gasteiger partial charge in [-0.1, -0.05) is 0 Å². The minimum atomic E-state index is -0.916. The first kappa shape index (κ1) is 13.8. The number of carboxylic acid groups (broad SMARTS) is 1. The number of carbonyl (C=O) groups is 2. The largest absolute Gasteiger partial charge is 0.480 e. The van der Waals surface area contributed by atoms with Gasteiger partial charge in [-0.2, -0.15) is 0 Å². The molecule has 1 fully saturated rings. The Hall–Kier alpha value is -1.30. The summed E-state index contributed by atoms with van der Waals surface area (Å²) in [6, 6.07) is -0.863. The van der Waals surface area contributed by atoms with Crippen molar-refractivity contribution in [1.82, 2.24) is 9.80 Å². The van der Waals surface area contributed by atoms with Crippen LogP contribution in [0.25, 0.3) is 0 Å². The van der Waals surface area contributed by atoms with E-state index in [4.69, 9.17) is 9.84 Å². The number of nitrogens with zero attached hydrogens (tertiary/aromatic N) is 2. The van der Waals surface area contributed by atoms with Gasteiger partial charge in [0.25, 0.3) is 0 Å². The summed E-state index contributed by atoms with van der Waals surface area (Å²) in [5.41, 5.74) is 0. The van der Waals surface area contributed by atoms with Crippen LogP contribution in [0.1, 0.15) is 19.3 Å². The van der Waals surface area contributed by atoms with Gasteiger partial charge in [-0.3, -0.25) is 0 Å². The monoisotopic (exact) mass is 244 g/mol. The van der Waals surface area contributed by atoms with Crippen molar-refractivity contribution in [3.05, 3.63) is 0 Å². The molecule has 0 saturated carbocycles. The topological polar surface area (TPSA) is 70.1 Å². The van der Waals surface area contributed by atoms with Crippen LogP contribution in [0.2, 0.25) is 0 Å². The Morgan fingerprint density at radius 1 is 1.53 bits per heavy atom. The van der Waals surface area contributed by atoms with E-state index in [1.807, 2.05) is 0 Å². The molecule has 1 aliphatic heterocycles. The summed E-state index contributed by atoms with van der Waals surface area (Å²) in [5.74, 6) is -0.916. The van der Waals surface area contributed by atoms with Crippen LogP contribution in [-0.4, -0.2) is 66.8 Å². The first-order valence-corrected chi connectivity index (χ1v) is 5.81. The van der Waals surface area contributed by atoms with Crippen molar-refractivity contribution < 1.29 is 19.4 Å². The van der Waals surface area contributed by atoms with Crippen LogP contribution in [0, 0.1) is 0 Å². The third-order valence-corrected chi connectivity index (χ3v) is 2.95. The van der Waals surface area contributed by atoms with Crippen LogP contribution in [0.5, 0.6) is 0 Å². The van der Waals surface area contributed by atoms with Crippen LogP contribution < -0.4 is 0 Å². The van der Waals surface area contributed by atoms with Crippen molar-refractivity contribution in [3.63, 3.8) is 0 Å². The highest BCUT2D eigenvalue weighted by atomic mass is 16.5. The predicted molar refractivity (Wildman–Crippen MR) is 61.9 cm³/mol. The van der Waals surface area contributed by atoms with Gasteiger partial charge in [-0.25, -0.2) is 9.59 Å². The third-order valence-electron chi connectivity index (χ3n) is 2.95. The van der Waals surface area contributed by atoms with Crippen LogP contribution in [-0.2, 0) is 9.53 Å². The number of aliphatic carboxylic acids is 1. The van der Waals surface area contributed by atoms with Crippen LogP contribution in [0.4, 0.5) is 4.79 Å². The van der Waals surface area contributed by atoms with E-state index in [0.717, 1.165) is 12.8 Å². The molecule has 0 aromatic heterocycles.